The average Bonchev–Trinajstić information content (AvgIpc) is 2.47. The second-order valence-electron chi connectivity index (χ2n) is 5.16. The van der Waals surface area contributed by atoms with Crippen LogP contribution in [-0.2, 0) is 0 Å². The molecule has 1 aliphatic rings. The molecule has 0 aliphatic carbocycles. The van der Waals surface area contributed by atoms with Crippen LogP contribution in [-0.4, -0.2) is 47.0 Å². The summed E-state index contributed by atoms with van der Waals surface area (Å²) in [6.45, 7) is 1.92. The zero-order chi connectivity index (χ0) is 14.5. The predicted molar refractivity (Wildman–Crippen MR) is 73.7 cm³/mol. The summed E-state index contributed by atoms with van der Waals surface area (Å²) in [6, 6.07) is 5.82. The molecule has 2 rings (SSSR count). The number of aliphatic hydroxyl groups is 1. The fraction of sp³-hybridized carbons (Fsp3) is 0.500. The van der Waals surface area contributed by atoms with E-state index < -0.39 is 4.92 Å². The van der Waals surface area contributed by atoms with Crippen molar-refractivity contribution in [3.8, 4) is 0 Å². The highest BCUT2D eigenvalue weighted by Crippen LogP contribution is 2.18. The molecule has 1 aliphatic heterocycles. The smallest absolute Gasteiger partial charge is 0.270 e. The molecule has 0 spiro atoms. The lowest BCUT2D eigenvalue weighted by atomic mass is 9.98. The van der Waals surface area contributed by atoms with Crippen LogP contribution in [0.1, 0.15) is 23.2 Å². The second-order valence-corrected chi connectivity index (χ2v) is 5.16. The van der Waals surface area contributed by atoms with Crippen molar-refractivity contribution in [3.05, 3.63) is 39.9 Å². The molecule has 1 heterocycles. The average molecular weight is 278 g/mol. The minimum absolute atomic E-state index is 0.0669. The van der Waals surface area contributed by atoms with E-state index >= 15 is 0 Å². The molecule has 1 saturated heterocycles. The minimum atomic E-state index is -0.501. The summed E-state index contributed by atoms with van der Waals surface area (Å²) in [5.74, 6) is 0.106. The topological polar surface area (TPSA) is 83.7 Å². The quantitative estimate of drug-likeness (QED) is 0.501. The van der Waals surface area contributed by atoms with Crippen molar-refractivity contribution in [1.29, 1.82) is 0 Å². The number of nitrogens with zero attached hydrogens (tertiary/aromatic N) is 2. The number of likely N-dealkylation sites (tertiary alicyclic amines) is 1. The molecule has 1 aromatic rings. The number of benzene rings is 1. The van der Waals surface area contributed by atoms with Gasteiger partial charge in [0.25, 0.3) is 5.69 Å². The molecule has 20 heavy (non-hydrogen) atoms. The molecule has 0 aromatic heterocycles. The van der Waals surface area contributed by atoms with Gasteiger partial charge in [0.2, 0.25) is 0 Å². The Morgan fingerprint density at radius 3 is 3.00 bits per heavy atom. The fourth-order valence-corrected chi connectivity index (χ4v) is 2.53. The number of hydrogen-bond donors (Lipinski definition) is 1. The Balaban J connectivity index is 2.01. The second kappa shape index (κ2) is 6.58. The molecule has 0 bridgehead atoms. The van der Waals surface area contributed by atoms with Gasteiger partial charge in [0.05, 0.1) is 11.5 Å². The molecule has 108 valence electrons. The molecule has 0 radical (unpaired) electrons. The van der Waals surface area contributed by atoms with E-state index in [0.29, 0.717) is 12.1 Å². The summed E-state index contributed by atoms with van der Waals surface area (Å²) in [6.07, 6.45) is 1.95. The van der Waals surface area contributed by atoms with Crippen LogP contribution in [0.15, 0.2) is 24.3 Å². The molecule has 1 unspecified atom stereocenters. The van der Waals surface area contributed by atoms with Crippen molar-refractivity contribution in [2.24, 2.45) is 5.92 Å². The number of Topliss-reactive ketones (excluding diaryl/α,β-unsaturated/α-hetero) is 1. The number of hydrogen-bond acceptors (Lipinski definition) is 5. The number of carbonyl (C=O) groups is 1. The van der Waals surface area contributed by atoms with Gasteiger partial charge in [-0.05, 0) is 25.3 Å². The first-order valence-electron chi connectivity index (χ1n) is 6.71. The first-order valence-corrected chi connectivity index (χ1v) is 6.71. The van der Waals surface area contributed by atoms with E-state index in [4.69, 9.17) is 0 Å². The Morgan fingerprint density at radius 2 is 2.30 bits per heavy atom. The monoisotopic (exact) mass is 278 g/mol. The van der Waals surface area contributed by atoms with Crippen molar-refractivity contribution in [3.63, 3.8) is 0 Å². The molecule has 1 fully saturated rings. The minimum Gasteiger partial charge on any atom is -0.396 e. The maximum absolute atomic E-state index is 12.2. The Kier molecular flexibility index (Phi) is 4.81. The lowest BCUT2D eigenvalue weighted by molar-refractivity contribution is -0.384. The van der Waals surface area contributed by atoms with Crippen LogP contribution < -0.4 is 0 Å². The van der Waals surface area contributed by atoms with Crippen molar-refractivity contribution in [1.82, 2.24) is 4.90 Å². The maximum Gasteiger partial charge on any atom is 0.270 e. The summed E-state index contributed by atoms with van der Waals surface area (Å²) in [5.41, 5.74) is 0.299. The van der Waals surface area contributed by atoms with E-state index in [-0.39, 0.29) is 30.5 Å². The first kappa shape index (κ1) is 14.6. The van der Waals surface area contributed by atoms with E-state index in [1.54, 1.807) is 6.07 Å². The zero-order valence-corrected chi connectivity index (χ0v) is 11.2. The summed E-state index contributed by atoms with van der Waals surface area (Å²) >= 11 is 0. The number of nitro groups is 1. The van der Waals surface area contributed by atoms with E-state index in [1.807, 2.05) is 4.90 Å². The number of piperidine rings is 1. The largest absolute Gasteiger partial charge is 0.396 e. The molecule has 6 heteroatoms. The first-order chi connectivity index (χ1) is 9.60. The van der Waals surface area contributed by atoms with E-state index in [1.165, 1.54) is 18.2 Å². The fourth-order valence-electron chi connectivity index (χ4n) is 2.53. The van der Waals surface area contributed by atoms with Crippen molar-refractivity contribution >= 4 is 11.5 Å². The van der Waals surface area contributed by atoms with Gasteiger partial charge in [0.1, 0.15) is 0 Å². The summed E-state index contributed by atoms with van der Waals surface area (Å²) in [4.78, 5) is 24.4. The van der Waals surface area contributed by atoms with Gasteiger partial charge in [0, 0.05) is 30.8 Å². The Labute approximate surface area is 117 Å². The number of ketones is 1. The molecular weight excluding hydrogens is 260 g/mol. The number of non-ortho nitro benzene ring substituents is 1. The molecular formula is C14H18N2O4. The van der Waals surface area contributed by atoms with Crippen molar-refractivity contribution in [2.45, 2.75) is 12.8 Å². The molecule has 1 aromatic carbocycles. The molecule has 6 nitrogen and oxygen atoms in total. The normalized spacial score (nSPS) is 19.8. The molecule has 1 atom stereocenters. The lowest BCUT2D eigenvalue weighted by Gasteiger charge is -2.31. The standard InChI is InChI=1S/C14H18N2O4/c17-10-11-3-2-6-15(8-11)9-14(18)12-4-1-5-13(7-12)16(19)20/h1,4-5,7,11,17H,2-3,6,8-10H2. The molecule has 0 amide bonds. The molecule has 1 N–H and O–H groups in total. The van der Waals surface area contributed by atoms with Crippen LogP contribution in [0, 0.1) is 16.0 Å². The Hall–Kier alpha value is -1.79. The third kappa shape index (κ3) is 3.61. The summed E-state index contributed by atoms with van der Waals surface area (Å²) in [7, 11) is 0. The number of carbonyl (C=O) groups excluding carboxylic acids is 1. The zero-order valence-electron chi connectivity index (χ0n) is 11.2. The van der Waals surface area contributed by atoms with Gasteiger partial charge in [-0.1, -0.05) is 12.1 Å². The third-order valence-corrected chi connectivity index (χ3v) is 3.61. The highest BCUT2D eigenvalue weighted by atomic mass is 16.6. The van der Waals surface area contributed by atoms with Gasteiger partial charge in [-0.25, -0.2) is 0 Å². The number of rotatable bonds is 5. The maximum atomic E-state index is 12.2. The van der Waals surface area contributed by atoms with Gasteiger partial charge in [-0.15, -0.1) is 0 Å². The van der Waals surface area contributed by atoms with Crippen molar-refractivity contribution < 1.29 is 14.8 Å². The van der Waals surface area contributed by atoms with Gasteiger partial charge in [-0.2, -0.15) is 0 Å². The van der Waals surface area contributed by atoms with E-state index in [2.05, 4.69) is 0 Å². The predicted octanol–water partition coefficient (Wildman–Crippen LogP) is 1.48. The van der Waals surface area contributed by atoms with Crippen LogP contribution in [0.3, 0.4) is 0 Å². The summed E-state index contributed by atoms with van der Waals surface area (Å²) < 4.78 is 0. The highest BCUT2D eigenvalue weighted by Gasteiger charge is 2.22. The van der Waals surface area contributed by atoms with Gasteiger partial charge < -0.3 is 5.11 Å². The van der Waals surface area contributed by atoms with E-state index in [0.717, 1.165) is 19.4 Å². The van der Waals surface area contributed by atoms with E-state index in [9.17, 15) is 20.0 Å². The molecule has 0 saturated carbocycles. The van der Waals surface area contributed by atoms with Crippen LogP contribution in [0.5, 0.6) is 0 Å². The SMILES string of the molecule is O=C(CN1CCCC(CO)C1)c1cccc([N+](=O)[O-])c1. The van der Waals surface area contributed by atoms with Crippen LogP contribution in [0.4, 0.5) is 5.69 Å². The highest BCUT2D eigenvalue weighted by molar-refractivity contribution is 5.98. The third-order valence-electron chi connectivity index (χ3n) is 3.61. The van der Waals surface area contributed by atoms with Gasteiger partial charge >= 0.3 is 0 Å². The summed E-state index contributed by atoms with van der Waals surface area (Å²) in [5, 5.41) is 19.9. The van der Waals surface area contributed by atoms with Gasteiger partial charge in [-0.3, -0.25) is 19.8 Å². The van der Waals surface area contributed by atoms with Crippen LogP contribution >= 0.6 is 0 Å². The van der Waals surface area contributed by atoms with Crippen LogP contribution in [0.25, 0.3) is 0 Å². The number of aliphatic hydroxyl groups excluding tert-OH is 1. The van der Waals surface area contributed by atoms with Crippen molar-refractivity contribution in [2.75, 3.05) is 26.2 Å². The Bertz CT molecular complexity index is 504. The lowest BCUT2D eigenvalue weighted by Crippen LogP contribution is -2.39. The van der Waals surface area contributed by atoms with Crippen LogP contribution in [0.2, 0.25) is 0 Å². The Morgan fingerprint density at radius 1 is 1.50 bits per heavy atom. The number of nitro benzene ring substituents is 1. The van der Waals surface area contributed by atoms with Gasteiger partial charge in [0.15, 0.2) is 5.78 Å².